The first-order chi connectivity index (χ1) is 16.9. The van der Waals surface area contributed by atoms with E-state index in [0.717, 1.165) is 29.2 Å². The lowest BCUT2D eigenvalue weighted by Gasteiger charge is -2.22. The first-order valence-electron chi connectivity index (χ1n) is 10.7. The van der Waals surface area contributed by atoms with Crippen LogP contribution in [0.5, 0.6) is 0 Å². The highest BCUT2D eigenvalue weighted by Gasteiger charge is 2.70. The van der Waals surface area contributed by atoms with Crippen molar-refractivity contribution in [2.24, 2.45) is 5.92 Å². The predicted octanol–water partition coefficient (Wildman–Crippen LogP) is 5.45. The van der Waals surface area contributed by atoms with Crippen LogP contribution < -0.4 is 9.80 Å². The van der Waals surface area contributed by atoms with E-state index in [1.807, 2.05) is 6.92 Å². The molecule has 12 heteroatoms. The molecule has 7 nitrogen and oxygen atoms in total. The highest BCUT2D eigenvalue weighted by Crippen LogP contribution is 2.55. The minimum absolute atomic E-state index is 0.0347. The normalized spacial score (nSPS) is 22.0. The smallest absolute Gasteiger partial charge is 0.278 e. The fourth-order valence-electron chi connectivity index (χ4n) is 4.52. The molecular weight excluding hydrogens is 519 g/mol. The summed E-state index contributed by atoms with van der Waals surface area (Å²) in [6.45, 7) is 1.82. The standard InChI is InChI=1S/C24H17ClF3N3O4S/c1-14-13-23(14)21(32)30(15-6-8-17(9-7-15)36(34,35)24(26,27)28)22(33)31(23)16-10-11-29-20(12-16)18-4-2-3-5-19(18)25/h2-12,14H,13H2,1H3. The summed E-state index contributed by atoms with van der Waals surface area (Å²) in [6.07, 6.45) is 1.88. The number of anilines is 2. The SMILES string of the molecule is CC1CC12C(=O)N(c1ccc(S(=O)(=O)C(F)(F)F)cc1)C(=O)N2c1ccnc(-c2ccccc2Cl)c1. The summed E-state index contributed by atoms with van der Waals surface area (Å²) in [5, 5.41) is 0.455. The molecule has 1 saturated carbocycles. The molecule has 0 bridgehead atoms. The van der Waals surface area contributed by atoms with Crippen LogP contribution in [0.2, 0.25) is 5.02 Å². The van der Waals surface area contributed by atoms with Gasteiger partial charge in [0.1, 0.15) is 5.54 Å². The molecule has 2 fully saturated rings. The molecule has 0 radical (unpaired) electrons. The van der Waals surface area contributed by atoms with Crippen LogP contribution in [-0.4, -0.2) is 36.4 Å². The number of halogens is 4. The maximum atomic E-state index is 13.6. The van der Waals surface area contributed by atoms with Crippen molar-refractivity contribution < 1.29 is 31.2 Å². The van der Waals surface area contributed by atoms with E-state index >= 15 is 0 Å². The van der Waals surface area contributed by atoms with Crippen molar-refractivity contribution in [1.29, 1.82) is 0 Å². The van der Waals surface area contributed by atoms with Crippen molar-refractivity contribution in [2.75, 3.05) is 9.80 Å². The van der Waals surface area contributed by atoms with Crippen LogP contribution in [0.1, 0.15) is 13.3 Å². The van der Waals surface area contributed by atoms with Crippen LogP contribution in [0.4, 0.5) is 29.3 Å². The Morgan fingerprint density at radius 3 is 2.25 bits per heavy atom. The van der Waals surface area contributed by atoms with Crippen LogP contribution >= 0.6 is 11.6 Å². The van der Waals surface area contributed by atoms with Gasteiger partial charge in [0.15, 0.2) is 0 Å². The van der Waals surface area contributed by atoms with Gasteiger partial charge < -0.3 is 0 Å². The first kappa shape index (κ1) is 24.3. The van der Waals surface area contributed by atoms with Crippen molar-refractivity contribution in [1.82, 2.24) is 4.98 Å². The second-order valence-electron chi connectivity index (χ2n) is 8.61. The molecule has 1 aliphatic heterocycles. The van der Waals surface area contributed by atoms with Gasteiger partial charge in [-0.15, -0.1) is 0 Å². The summed E-state index contributed by atoms with van der Waals surface area (Å²) in [6, 6.07) is 13.0. The number of alkyl halides is 3. The van der Waals surface area contributed by atoms with E-state index in [4.69, 9.17) is 11.6 Å². The van der Waals surface area contributed by atoms with Gasteiger partial charge in [-0.05, 0) is 54.8 Å². The molecule has 2 atom stereocenters. The number of carbonyl (C=O) groups is 2. The van der Waals surface area contributed by atoms with Gasteiger partial charge in [-0.1, -0.05) is 36.7 Å². The molecule has 2 aromatic carbocycles. The molecule has 1 saturated heterocycles. The van der Waals surface area contributed by atoms with Crippen molar-refractivity contribution in [2.45, 2.75) is 29.3 Å². The number of nitrogens with zero attached hydrogens (tertiary/aromatic N) is 3. The minimum atomic E-state index is -5.57. The summed E-state index contributed by atoms with van der Waals surface area (Å²) in [4.78, 5) is 32.6. The van der Waals surface area contributed by atoms with E-state index in [-0.39, 0.29) is 11.6 Å². The highest BCUT2D eigenvalue weighted by atomic mass is 35.5. The number of pyridine rings is 1. The minimum Gasteiger partial charge on any atom is -0.278 e. The molecule has 36 heavy (non-hydrogen) atoms. The lowest BCUT2D eigenvalue weighted by Crippen LogP contribution is -2.39. The lowest BCUT2D eigenvalue weighted by atomic mass is 10.1. The van der Waals surface area contributed by atoms with Gasteiger partial charge >= 0.3 is 11.5 Å². The Bertz CT molecular complexity index is 1510. The third-order valence-corrected chi connectivity index (χ3v) is 8.32. The molecule has 3 amide bonds. The zero-order valence-corrected chi connectivity index (χ0v) is 20.1. The van der Waals surface area contributed by atoms with Crippen LogP contribution in [-0.2, 0) is 14.6 Å². The van der Waals surface area contributed by atoms with E-state index in [0.29, 0.717) is 28.4 Å². The topological polar surface area (TPSA) is 87.7 Å². The molecule has 2 aliphatic rings. The Kier molecular flexibility index (Phi) is 5.42. The van der Waals surface area contributed by atoms with E-state index < -0.39 is 37.7 Å². The Hall–Kier alpha value is -3.44. The Labute approximate surface area is 209 Å². The molecule has 2 heterocycles. The van der Waals surface area contributed by atoms with Gasteiger partial charge in [0.05, 0.1) is 22.0 Å². The van der Waals surface area contributed by atoms with E-state index in [1.165, 1.54) is 11.1 Å². The highest BCUT2D eigenvalue weighted by molar-refractivity contribution is 7.92. The van der Waals surface area contributed by atoms with E-state index in [1.54, 1.807) is 36.4 Å². The van der Waals surface area contributed by atoms with E-state index in [9.17, 15) is 31.2 Å². The molecule has 1 aromatic heterocycles. The zero-order valence-electron chi connectivity index (χ0n) is 18.5. The number of benzene rings is 2. The molecule has 3 aromatic rings. The van der Waals surface area contributed by atoms with Gasteiger partial charge in [-0.3, -0.25) is 14.7 Å². The number of carbonyl (C=O) groups excluding carboxylic acids is 2. The zero-order chi connectivity index (χ0) is 26.0. The fraction of sp³-hybridized carbons (Fsp3) is 0.208. The Morgan fingerprint density at radius 2 is 1.67 bits per heavy atom. The molecule has 0 N–H and O–H groups in total. The summed E-state index contributed by atoms with van der Waals surface area (Å²) in [7, 11) is -5.57. The quantitative estimate of drug-likeness (QED) is 0.415. The summed E-state index contributed by atoms with van der Waals surface area (Å²) in [5.74, 6) is -0.719. The molecular formula is C24H17ClF3N3O4S. The van der Waals surface area contributed by atoms with Crippen LogP contribution in [0, 0.1) is 5.92 Å². The molecule has 2 unspecified atom stereocenters. The predicted molar refractivity (Wildman–Crippen MR) is 126 cm³/mol. The second kappa shape index (κ2) is 8.04. The van der Waals surface area contributed by atoms with Gasteiger partial charge in [0.25, 0.3) is 15.7 Å². The Morgan fingerprint density at radius 1 is 1.03 bits per heavy atom. The number of sulfone groups is 1. The average Bonchev–Trinajstić information content (AvgIpc) is 3.44. The number of hydrogen-bond donors (Lipinski definition) is 0. The van der Waals surface area contributed by atoms with Crippen molar-refractivity contribution >= 4 is 44.8 Å². The van der Waals surface area contributed by atoms with E-state index in [2.05, 4.69) is 4.98 Å². The van der Waals surface area contributed by atoms with Crippen LogP contribution in [0.25, 0.3) is 11.3 Å². The molecule has 186 valence electrons. The number of urea groups is 1. The number of aromatic nitrogens is 1. The van der Waals surface area contributed by atoms with Gasteiger partial charge in [-0.25, -0.2) is 18.1 Å². The van der Waals surface area contributed by atoms with Crippen molar-refractivity contribution in [3.8, 4) is 11.3 Å². The van der Waals surface area contributed by atoms with Crippen molar-refractivity contribution in [3.05, 3.63) is 71.9 Å². The lowest BCUT2D eigenvalue weighted by molar-refractivity contribution is -0.119. The maximum absolute atomic E-state index is 13.6. The van der Waals surface area contributed by atoms with Gasteiger partial charge in [0, 0.05) is 16.8 Å². The average molecular weight is 536 g/mol. The summed E-state index contributed by atoms with van der Waals surface area (Å²) in [5.41, 5.74) is -5.14. The van der Waals surface area contributed by atoms with Crippen LogP contribution in [0.3, 0.4) is 0 Å². The Balaban J connectivity index is 1.54. The number of rotatable bonds is 4. The summed E-state index contributed by atoms with van der Waals surface area (Å²) >= 11 is 6.29. The third kappa shape index (κ3) is 3.48. The first-order valence-corrected chi connectivity index (χ1v) is 12.6. The van der Waals surface area contributed by atoms with Crippen molar-refractivity contribution in [3.63, 3.8) is 0 Å². The number of amides is 3. The second-order valence-corrected chi connectivity index (χ2v) is 11.0. The number of hydrogen-bond acceptors (Lipinski definition) is 5. The van der Waals surface area contributed by atoms with Gasteiger partial charge in [-0.2, -0.15) is 13.2 Å². The third-order valence-electron chi connectivity index (χ3n) is 6.49. The molecule has 5 rings (SSSR count). The largest absolute Gasteiger partial charge is 0.501 e. The maximum Gasteiger partial charge on any atom is 0.501 e. The van der Waals surface area contributed by atoms with Crippen LogP contribution in [0.15, 0.2) is 71.8 Å². The fourth-order valence-corrected chi connectivity index (χ4v) is 5.51. The van der Waals surface area contributed by atoms with Gasteiger partial charge in [0.2, 0.25) is 0 Å². The number of imide groups is 1. The summed E-state index contributed by atoms with van der Waals surface area (Å²) < 4.78 is 62.0. The molecule has 1 spiro atoms. The molecule has 1 aliphatic carbocycles. The monoisotopic (exact) mass is 535 g/mol.